The Balaban J connectivity index is 1.64. The fourth-order valence-corrected chi connectivity index (χ4v) is 2.53. The molecule has 5 heteroatoms. The van der Waals surface area contributed by atoms with Gasteiger partial charge in [0.15, 0.2) is 0 Å². The topological polar surface area (TPSA) is 34.6 Å². The number of rotatable bonds is 4. The third-order valence-electron chi connectivity index (χ3n) is 3.61. The van der Waals surface area contributed by atoms with E-state index in [2.05, 4.69) is 9.88 Å². The van der Waals surface area contributed by atoms with Gasteiger partial charge >= 0.3 is 0 Å². The molecule has 1 aromatic carbocycles. The lowest BCUT2D eigenvalue weighted by Crippen LogP contribution is -2.35. The minimum absolute atomic E-state index is 0.0847. The van der Waals surface area contributed by atoms with Gasteiger partial charge in [0.1, 0.15) is 17.7 Å². The monoisotopic (exact) mass is 302 g/mol. The maximum atomic E-state index is 13.8. The van der Waals surface area contributed by atoms with E-state index in [4.69, 9.17) is 9.47 Å². The second kappa shape index (κ2) is 7.33. The highest BCUT2D eigenvalue weighted by atomic mass is 19.1. The Bertz CT molecular complexity index is 594. The molecular formula is C17H19FN2O2. The van der Waals surface area contributed by atoms with Gasteiger partial charge in [-0.1, -0.05) is 18.2 Å². The summed E-state index contributed by atoms with van der Waals surface area (Å²) in [6.07, 6.45) is 3.31. The standard InChI is InChI=1S/C17H19FN2O2/c18-17-6-2-1-4-14(17)11-20-8-9-21-13-16(12-20)22-15-5-3-7-19-10-15/h1-7,10,16H,8-9,11-13H2/t16-/m1/s1. The molecule has 1 saturated heterocycles. The van der Waals surface area contributed by atoms with Crippen LogP contribution in [-0.4, -0.2) is 42.3 Å². The van der Waals surface area contributed by atoms with Gasteiger partial charge < -0.3 is 9.47 Å². The van der Waals surface area contributed by atoms with E-state index in [9.17, 15) is 4.39 Å². The number of benzene rings is 1. The quantitative estimate of drug-likeness (QED) is 0.869. The molecule has 1 aliphatic heterocycles. The van der Waals surface area contributed by atoms with Crippen LogP contribution in [0.5, 0.6) is 5.75 Å². The lowest BCUT2D eigenvalue weighted by atomic mass is 10.2. The summed E-state index contributed by atoms with van der Waals surface area (Å²) in [6.45, 7) is 3.18. The van der Waals surface area contributed by atoms with Crippen LogP contribution in [0, 0.1) is 5.82 Å². The van der Waals surface area contributed by atoms with Gasteiger partial charge in [-0.2, -0.15) is 0 Å². The summed E-state index contributed by atoms with van der Waals surface area (Å²) in [5.74, 6) is 0.557. The molecule has 1 aromatic heterocycles. The molecule has 22 heavy (non-hydrogen) atoms. The average molecular weight is 302 g/mol. The minimum atomic E-state index is -0.169. The average Bonchev–Trinajstić information content (AvgIpc) is 2.76. The van der Waals surface area contributed by atoms with Gasteiger partial charge in [0.25, 0.3) is 0 Å². The van der Waals surface area contributed by atoms with Gasteiger partial charge in [0.05, 0.1) is 19.4 Å². The van der Waals surface area contributed by atoms with Crippen molar-refractivity contribution in [2.75, 3.05) is 26.3 Å². The Hall–Kier alpha value is -1.98. The van der Waals surface area contributed by atoms with E-state index in [1.807, 2.05) is 24.3 Å². The van der Waals surface area contributed by atoms with E-state index in [1.165, 1.54) is 6.07 Å². The van der Waals surface area contributed by atoms with Gasteiger partial charge in [0, 0.05) is 31.4 Å². The van der Waals surface area contributed by atoms with Crippen molar-refractivity contribution in [3.05, 3.63) is 60.2 Å². The molecule has 0 amide bonds. The van der Waals surface area contributed by atoms with Crippen LogP contribution in [0.3, 0.4) is 0 Å². The van der Waals surface area contributed by atoms with Gasteiger partial charge in [-0.25, -0.2) is 4.39 Å². The molecule has 0 bridgehead atoms. The van der Waals surface area contributed by atoms with Crippen molar-refractivity contribution in [3.8, 4) is 5.75 Å². The number of hydrogen-bond acceptors (Lipinski definition) is 4. The number of pyridine rings is 1. The maximum Gasteiger partial charge on any atom is 0.138 e. The Kier molecular flexibility index (Phi) is 4.98. The van der Waals surface area contributed by atoms with Crippen molar-refractivity contribution >= 4 is 0 Å². The lowest BCUT2D eigenvalue weighted by molar-refractivity contribution is 0.0708. The fourth-order valence-electron chi connectivity index (χ4n) is 2.53. The van der Waals surface area contributed by atoms with Crippen LogP contribution >= 0.6 is 0 Å². The first-order valence-electron chi connectivity index (χ1n) is 7.41. The highest BCUT2D eigenvalue weighted by Crippen LogP contribution is 2.15. The Morgan fingerprint density at radius 3 is 3.00 bits per heavy atom. The highest BCUT2D eigenvalue weighted by Gasteiger charge is 2.21. The number of aromatic nitrogens is 1. The Labute approximate surface area is 129 Å². The zero-order valence-electron chi connectivity index (χ0n) is 12.3. The maximum absolute atomic E-state index is 13.8. The fraction of sp³-hybridized carbons (Fsp3) is 0.353. The van der Waals surface area contributed by atoms with Gasteiger partial charge in [-0.3, -0.25) is 9.88 Å². The first kappa shape index (κ1) is 14.9. The van der Waals surface area contributed by atoms with Crippen LogP contribution < -0.4 is 4.74 Å². The van der Waals surface area contributed by atoms with Gasteiger partial charge in [0.2, 0.25) is 0 Å². The third-order valence-corrected chi connectivity index (χ3v) is 3.61. The van der Waals surface area contributed by atoms with Crippen LogP contribution in [0.4, 0.5) is 4.39 Å². The molecule has 0 aliphatic carbocycles. The van der Waals surface area contributed by atoms with Gasteiger partial charge in [-0.05, 0) is 18.2 Å². The zero-order chi connectivity index (χ0) is 15.2. The molecule has 1 aliphatic rings. The van der Waals surface area contributed by atoms with Crippen LogP contribution in [0.25, 0.3) is 0 Å². The third kappa shape index (κ3) is 4.02. The van der Waals surface area contributed by atoms with Crippen molar-refractivity contribution < 1.29 is 13.9 Å². The second-order valence-electron chi connectivity index (χ2n) is 5.33. The van der Waals surface area contributed by atoms with Crippen molar-refractivity contribution in [3.63, 3.8) is 0 Å². The molecule has 2 heterocycles. The van der Waals surface area contributed by atoms with E-state index >= 15 is 0 Å². The van der Waals surface area contributed by atoms with Crippen LogP contribution in [0.1, 0.15) is 5.56 Å². The summed E-state index contributed by atoms with van der Waals surface area (Å²) in [4.78, 5) is 6.20. The van der Waals surface area contributed by atoms with Crippen LogP contribution in [0.15, 0.2) is 48.8 Å². The second-order valence-corrected chi connectivity index (χ2v) is 5.33. The number of nitrogens with zero attached hydrogens (tertiary/aromatic N) is 2. The molecular weight excluding hydrogens is 283 g/mol. The molecule has 0 N–H and O–H groups in total. The summed E-state index contributed by atoms with van der Waals surface area (Å²) in [5.41, 5.74) is 0.699. The molecule has 1 atom stereocenters. The Morgan fingerprint density at radius 2 is 2.18 bits per heavy atom. The van der Waals surface area contributed by atoms with Crippen LogP contribution in [-0.2, 0) is 11.3 Å². The van der Waals surface area contributed by atoms with Crippen molar-refractivity contribution in [2.45, 2.75) is 12.6 Å². The predicted octanol–water partition coefficient (Wildman–Crippen LogP) is 2.50. The van der Waals surface area contributed by atoms with E-state index in [0.717, 1.165) is 12.3 Å². The molecule has 0 saturated carbocycles. The molecule has 2 aromatic rings. The summed E-state index contributed by atoms with van der Waals surface area (Å²) in [5, 5.41) is 0. The molecule has 0 radical (unpaired) electrons. The molecule has 4 nitrogen and oxygen atoms in total. The molecule has 0 unspecified atom stereocenters. The van der Waals surface area contributed by atoms with Crippen molar-refractivity contribution in [1.29, 1.82) is 0 Å². The van der Waals surface area contributed by atoms with Crippen LogP contribution in [0.2, 0.25) is 0 Å². The summed E-state index contributed by atoms with van der Waals surface area (Å²) < 4.78 is 25.3. The minimum Gasteiger partial charge on any atom is -0.485 e. The summed E-state index contributed by atoms with van der Waals surface area (Å²) in [6, 6.07) is 10.6. The van der Waals surface area contributed by atoms with Crippen molar-refractivity contribution in [2.24, 2.45) is 0 Å². The molecule has 1 fully saturated rings. The summed E-state index contributed by atoms with van der Waals surface area (Å²) in [7, 11) is 0. The van der Waals surface area contributed by atoms with E-state index in [1.54, 1.807) is 18.5 Å². The summed E-state index contributed by atoms with van der Waals surface area (Å²) >= 11 is 0. The lowest BCUT2D eigenvalue weighted by Gasteiger charge is -2.24. The first-order chi connectivity index (χ1) is 10.8. The van der Waals surface area contributed by atoms with E-state index < -0.39 is 0 Å². The number of hydrogen-bond donors (Lipinski definition) is 0. The normalized spacial score (nSPS) is 19.6. The first-order valence-corrected chi connectivity index (χ1v) is 7.41. The Morgan fingerprint density at radius 1 is 1.27 bits per heavy atom. The van der Waals surface area contributed by atoms with E-state index in [-0.39, 0.29) is 11.9 Å². The smallest absolute Gasteiger partial charge is 0.138 e. The highest BCUT2D eigenvalue weighted by molar-refractivity contribution is 5.18. The predicted molar refractivity (Wildman–Crippen MR) is 81.1 cm³/mol. The van der Waals surface area contributed by atoms with Crippen molar-refractivity contribution in [1.82, 2.24) is 9.88 Å². The molecule has 0 spiro atoms. The number of halogens is 1. The van der Waals surface area contributed by atoms with Gasteiger partial charge in [-0.15, -0.1) is 0 Å². The molecule has 3 rings (SSSR count). The molecule has 116 valence electrons. The van der Waals surface area contributed by atoms with E-state index in [0.29, 0.717) is 31.9 Å². The number of ether oxygens (including phenoxy) is 2. The zero-order valence-corrected chi connectivity index (χ0v) is 12.3. The largest absolute Gasteiger partial charge is 0.485 e. The SMILES string of the molecule is Fc1ccccc1CN1CCOC[C@H](Oc2cccnc2)C1.